The van der Waals surface area contributed by atoms with Crippen LogP contribution in [0.5, 0.6) is 11.5 Å². The zero-order valence-electron chi connectivity index (χ0n) is 22.1. The number of anilines is 1. The summed E-state index contributed by atoms with van der Waals surface area (Å²) in [5.74, 6) is 1.33. The van der Waals surface area contributed by atoms with E-state index >= 15 is 0 Å². The molecule has 1 atom stereocenters. The van der Waals surface area contributed by atoms with Gasteiger partial charge in [0.2, 0.25) is 0 Å². The number of aliphatic imine (C=N–C) groups is 1. The van der Waals surface area contributed by atoms with Crippen LogP contribution in [0, 0.1) is 29.6 Å². The van der Waals surface area contributed by atoms with Crippen molar-refractivity contribution in [3.05, 3.63) is 69.6 Å². The molecule has 1 aliphatic carbocycles. The number of fused-ring (bicyclic) bond motifs is 1. The summed E-state index contributed by atoms with van der Waals surface area (Å²) in [6.07, 6.45) is 4.79. The predicted octanol–water partition coefficient (Wildman–Crippen LogP) is 6.86. The molecular formula is C30H33N3O3S. The predicted molar refractivity (Wildman–Crippen MR) is 150 cm³/mol. The standard InChI is InChI=1S/C30H33N3O3S/c1-19-6-10-22(11-7-19)33-28(34)18-36-25-13-8-20(14-26(25)35-5)17-32-29-24(16-31)23-12-9-21(30(2,3)4)15-27(23)37-29/h6-8,10-11,13-14,17,21H,9,12,15,18H2,1-5H3,(H,33,34)/t21-/m1/s1. The first kappa shape index (κ1) is 26.4. The molecule has 4 rings (SSSR count). The first-order valence-corrected chi connectivity index (χ1v) is 13.3. The fourth-order valence-corrected chi connectivity index (χ4v) is 5.73. The molecule has 7 heteroatoms. The first-order chi connectivity index (χ1) is 17.7. The van der Waals surface area contributed by atoms with Crippen molar-refractivity contribution in [3.8, 4) is 17.6 Å². The number of hydrogen-bond donors (Lipinski definition) is 1. The number of benzene rings is 2. The Morgan fingerprint density at radius 2 is 1.97 bits per heavy atom. The highest BCUT2D eigenvalue weighted by atomic mass is 32.1. The molecule has 192 valence electrons. The molecule has 3 aromatic rings. The minimum atomic E-state index is -0.254. The summed E-state index contributed by atoms with van der Waals surface area (Å²) in [6.45, 7) is 8.72. The van der Waals surface area contributed by atoms with Crippen LogP contribution in [-0.2, 0) is 17.6 Å². The van der Waals surface area contributed by atoms with E-state index in [-0.39, 0.29) is 17.9 Å². The number of aryl methyl sites for hydroxylation is 1. The molecule has 0 fully saturated rings. The van der Waals surface area contributed by atoms with Gasteiger partial charge in [-0.25, -0.2) is 4.99 Å². The monoisotopic (exact) mass is 515 g/mol. The van der Waals surface area contributed by atoms with Crippen LogP contribution in [0.4, 0.5) is 10.7 Å². The van der Waals surface area contributed by atoms with Gasteiger partial charge in [0, 0.05) is 16.8 Å². The maximum atomic E-state index is 12.3. The van der Waals surface area contributed by atoms with Crippen molar-refractivity contribution < 1.29 is 14.3 Å². The van der Waals surface area contributed by atoms with Crippen molar-refractivity contribution in [2.45, 2.75) is 47.0 Å². The van der Waals surface area contributed by atoms with Crippen molar-refractivity contribution in [1.29, 1.82) is 5.26 Å². The Morgan fingerprint density at radius 3 is 2.65 bits per heavy atom. The molecule has 1 N–H and O–H groups in total. The molecule has 1 amide bonds. The SMILES string of the molecule is COc1cc(C=Nc2sc3c(c2C#N)CC[C@@H](C(C)(C)C)C3)ccc1OCC(=O)Nc1ccc(C)cc1. The second kappa shape index (κ2) is 11.2. The van der Waals surface area contributed by atoms with E-state index in [9.17, 15) is 10.1 Å². The van der Waals surface area contributed by atoms with Crippen LogP contribution in [0.15, 0.2) is 47.5 Å². The third-order valence-corrected chi connectivity index (χ3v) is 7.96. The van der Waals surface area contributed by atoms with Crippen LogP contribution in [0.2, 0.25) is 0 Å². The number of nitrogens with zero attached hydrogens (tertiary/aromatic N) is 2. The maximum absolute atomic E-state index is 12.3. The van der Waals surface area contributed by atoms with Crippen molar-refractivity contribution >= 4 is 34.1 Å². The molecule has 0 saturated heterocycles. The zero-order valence-corrected chi connectivity index (χ0v) is 22.9. The average molecular weight is 516 g/mol. The molecule has 0 aliphatic heterocycles. The number of thiophene rings is 1. The van der Waals surface area contributed by atoms with Gasteiger partial charge in [0.15, 0.2) is 18.1 Å². The number of nitrogens with one attached hydrogen (secondary N) is 1. The molecule has 1 aliphatic rings. The van der Waals surface area contributed by atoms with Crippen molar-refractivity contribution in [2.75, 3.05) is 19.0 Å². The highest BCUT2D eigenvalue weighted by Gasteiger charge is 2.32. The van der Waals surface area contributed by atoms with Gasteiger partial charge in [-0.3, -0.25) is 4.79 Å². The molecule has 0 radical (unpaired) electrons. The lowest BCUT2D eigenvalue weighted by molar-refractivity contribution is -0.118. The molecule has 37 heavy (non-hydrogen) atoms. The number of hydrogen-bond acceptors (Lipinski definition) is 6. The van der Waals surface area contributed by atoms with E-state index in [0.717, 1.165) is 41.1 Å². The number of carbonyl (C=O) groups excluding carboxylic acids is 1. The Balaban J connectivity index is 1.44. The fourth-order valence-electron chi connectivity index (χ4n) is 4.51. The number of rotatable bonds is 7. The van der Waals surface area contributed by atoms with E-state index < -0.39 is 0 Å². The van der Waals surface area contributed by atoms with Gasteiger partial charge >= 0.3 is 0 Å². The Hall–Kier alpha value is -3.63. The summed E-state index contributed by atoms with van der Waals surface area (Å²) in [7, 11) is 1.56. The lowest BCUT2D eigenvalue weighted by Gasteiger charge is -2.33. The van der Waals surface area contributed by atoms with Crippen LogP contribution >= 0.6 is 11.3 Å². The highest BCUT2D eigenvalue weighted by molar-refractivity contribution is 7.16. The smallest absolute Gasteiger partial charge is 0.262 e. The largest absolute Gasteiger partial charge is 0.493 e. The van der Waals surface area contributed by atoms with Crippen molar-refractivity contribution in [3.63, 3.8) is 0 Å². The number of carbonyl (C=O) groups is 1. The van der Waals surface area contributed by atoms with Crippen LogP contribution in [-0.4, -0.2) is 25.8 Å². The van der Waals surface area contributed by atoms with E-state index in [0.29, 0.717) is 23.0 Å². The van der Waals surface area contributed by atoms with Gasteiger partial charge in [0.05, 0.1) is 12.7 Å². The fraction of sp³-hybridized carbons (Fsp3) is 0.367. The Bertz CT molecular complexity index is 1340. The molecule has 0 bridgehead atoms. The van der Waals surface area contributed by atoms with Gasteiger partial charge in [-0.1, -0.05) is 38.5 Å². The van der Waals surface area contributed by atoms with Gasteiger partial charge < -0.3 is 14.8 Å². The maximum Gasteiger partial charge on any atom is 0.262 e. The van der Waals surface area contributed by atoms with Gasteiger partial charge in [-0.05, 0) is 79.0 Å². The van der Waals surface area contributed by atoms with E-state index in [1.807, 2.05) is 43.3 Å². The molecule has 0 saturated carbocycles. The zero-order chi connectivity index (χ0) is 26.6. The van der Waals surface area contributed by atoms with E-state index in [1.54, 1.807) is 30.7 Å². The number of methoxy groups -OCH3 is 1. The second-order valence-corrected chi connectivity index (χ2v) is 11.6. The quantitative estimate of drug-likeness (QED) is 0.349. The van der Waals surface area contributed by atoms with Crippen LogP contribution in [0.1, 0.15) is 54.3 Å². The minimum Gasteiger partial charge on any atom is -0.493 e. The lowest BCUT2D eigenvalue weighted by atomic mass is 9.72. The molecule has 6 nitrogen and oxygen atoms in total. The molecule has 2 aromatic carbocycles. The summed E-state index contributed by atoms with van der Waals surface area (Å²) in [5, 5.41) is 13.4. The molecule has 1 aromatic heterocycles. The van der Waals surface area contributed by atoms with E-state index in [2.05, 4.69) is 37.1 Å². The average Bonchev–Trinajstić information content (AvgIpc) is 3.24. The number of ether oxygens (including phenoxy) is 2. The van der Waals surface area contributed by atoms with Crippen LogP contribution < -0.4 is 14.8 Å². The van der Waals surface area contributed by atoms with E-state index in [1.165, 1.54) is 10.4 Å². The highest BCUT2D eigenvalue weighted by Crippen LogP contribution is 2.45. The van der Waals surface area contributed by atoms with Gasteiger partial charge in [0.25, 0.3) is 5.91 Å². The molecule has 0 spiro atoms. The Kier molecular flexibility index (Phi) is 7.99. The van der Waals surface area contributed by atoms with Crippen molar-refractivity contribution in [2.24, 2.45) is 16.3 Å². The number of amides is 1. The Morgan fingerprint density at radius 1 is 1.22 bits per heavy atom. The summed E-state index contributed by atoms with van der Waals surface area (Å²) in [6, 6.07) is 15.4. The summed E-state index contributed by atoms with van der Waals surface area (Å²) < 4.78 is 11.2. The Labute approximate surface area is 223 Å². The van der Waals surface area contributed by atoms with Crippen LogP contribution in [0.25, 0.3) is 0 Å². The number of nitriles is 1. The second-order valence-electron chi connectivity index (χ2n) is 10.5. The van der Waals surface area contributed by atoms with Crippen LogP contribution in [0.3, 0.4) is 0 Å². The minimum absolute atomic E-state index is 0.139. The van der Waals surface area contributed by atoms with Gasteiger partial charge in [-0.2, -0.15) is 5.26 Å². The van der Waals surface area contributed by atoms with Gasteiger partial charge in [0.1, 0.15) is 11.1 Å². The van der Waals surface area contributed by atoms with Crippen molar-refractivity contribution in [1.82, 2.24) is 0 Å². The third-order valence-electron chi connectivity index (χ3n) is 6.80. The third kappa shape index (κ3) is 6.39. The normalized spacial score (nSPS) is 15.2. The first-order valence-electron chi connectivity index (χ1n) is 12.4. The molecular weight excluding hydrogens is 482 g/mol. The lowest BCUT2D eigenvalue weighted by Crippen LogP contribution is -2.26. The topological polar surface area (TPSA) is 83.7 Å². The van der Waals surface area contributed by atoms with Gasteiger partial charge in [-0.15, -0.1) is 11.3 Å². The molecule has 0 unspecified atom stereocenters. The summed E-state index contributed by atoms with van der Waals surface area (Å²) in [4.78, 5) is 18.3. The van der Waals surface area contributed by atoms with E-state index in [4.69, 9.17) is 9.47 Å². The summed E-state index contributed by atoms with van der Waals surface area (Å²) in [5.41, 5.74) is 4.79. The molecule has 1 heterocycles. The summed E-state index contributed by atoms with van der Waals surface area (Å²) >= 11 is 1.63.